The molecule has 5 rings (SSSR count). The van der Waals surface area contributed by atoms with Crippen LogP contribution in [0.25, 0.3) is 27.8 Å². The lowest BCUT2D eigenvalue weighted by atomic mass is 9.94. The van der Waals surface area contributed by atoms with E-state index in [4.69, 9.17) is 5.10 Å². The minimum Gasteiger partial charge on any atom is -0.317 e. The number of nitrogens with zero attached hydrogens (tertiary/aromatic N) is 4. The van der Waals surface area contributed by atoms with Gasteiger partial charge in [0.15, 0.2) is 0 Å². The number of aryl methyl sites for hydroxylation is 1. The van der Waals surface area contributed by atoms with Crippen LogP contribution in [0.3, 0.4) is 0 Å². The first-order valence-corrected chi connectivity index (χ1v) is 8.96. The number of hydrogen-bond acceptors (Lipinski definition) is 4. The first-order valence-electron chi connectivity index (χ1n) is 8.96. The minimum atomic E-state index is -0.0763. The van der Waals surface area contributed by atoms with Crippen molar-refractivity contribution in [2.24, 2.45) is 7.05 Å². The van der Waals surface area contributed by atoms with Gasteiger partial charge in [-0.1, -0.05) is 12.1 Å². The highest BCUT2D eigenvalue weighted by Gasteiger charge is 2.22. The second-order valence-electron chi connectivity index (χ2n) is 6.88. The molecule has 0 spiro atoms. The summed E-state index contributed by atoms with van der Waals surface area (Å²) in [6.45, 7) is 1.94. The fourth-order valence-electron chi connectivity index (χ4n) is 4.05. The van der Waals surface area contributed by atoms with E-state index in [2.05, 4.69) is 21.5 Å². The number of benzene rings is 1. The zero-order valence-corrected chi connectivity index (χ0v) is 14.6. The second-order valence-corrected chi connectivity index (χ2v) is 6.88. The van der Waals surface area contributed by atoms with Gasteiger partial charge >= 0.3 is 0 Å². The number of H-pyrrole nitrogens is 1. The lowest BCUT2D eigenvalue weighted by Crippen LogP contribution is -2.28. The molecule has 0 amide bonds. The molecular formula is C19H20N6O. The molecule has 0 radical (unpaired) electrons. The Morgan fingerprint density at radius 1 is 1.19 bits per heavy atom. The van der Waals surface area contributed by atoms with E-state index in [1.807, 2.05) is 34.4 Å². The van der Waals surface area contributed by atoms with E-state index >= 15 is 0 Å². The predicted octanol–water partition coefficient (Wildman–Crippen LogP) is 2.04. The number of fused-ring (bicyclic) bond motifs is 3. The summed E-state index contributed by atoms with van der Waals surface area (Å²) >= 11 is 0. The van der Waals surface area contributed by atoms with Crippen LogP contribution in [0.15, 0.2) is 41.3 Å². The topological polar surface area (TPSA) is 80.0 Å². The lowest BCUT2D eigenvalue weighted by Gasteiger charge is -2.23. The molecule has 0 aliphatic carbocycles. The molecule has 0 atom stereocenters. The monoisotopic (exact) mass is 348 g/mol. The summed E-state index contributed by atoms with van der Waals surface area (Å²) in [5, 5.41) is 13.5. The smallest absolute Gasteiger partial charge is 0.251 e. The highest BCUT2D eigenvalue weighted by atomic mass is 16.1. The predicted molar refractivity (Wildman–Crippen MR) is 100 cm³/mol. The van der Waals surface area contributed by atoms with Crippen molar-refractivity contribution >= 4 is 16.6 Å². The Morgan fingerprint density at radius 3 is 2.81 bits per heavy atom. The van der Waals surface area contributed by atoms with Crippen LogP contribution < -0.4 is 10.9 Å². The average molecular weight is 348 g/mol. The van der Waals surface area contributed by atoms with Crippen molar-refractivity contribution in [3.05, 3.63) is 52.6 Å². The van der Waals surface area contributed by atoms with E-state index in [0.717, 1.165) is 59.4 Å². The molecule has 7 nitrogen and oxygen atoms in total. The van der Waals surface area contributed by atoms with Crippen LogP contribution in [0.1, 0.15) is 24.5 Å². The first kappa shape index (κ1) is 15.3. The van der Waals surface area contributed by atoms with Crippen molar-refractivity contribution < 1.29 is 0 Å². The minimum absolute atomic E-state index is 0.0763. The quantitative estimate of drug-likeness (QED) is 0.581. The van der Waals surface area contributed by atoms with Crippen molar-refractivity contribution in [3.63, 3.8) is 0 Å². The molecule has 1 fully saturated rings. The summed E-state index contributed by atoms with van der Waals surface area (Å²) < 4.78 is 3.77. The zero-order chi connectivity index (χ0) is 17.7. The lowest BCUT2D eigenvalue weighted by molar-refractivity contribution is 0.446. The fraction of sp³-hybridized carbons (Fsp3) is 0.316. The maximum Gasteiger partial charge on any atom is 0.251 e. The molecule has 4 aromatic rings. The van der Waals surface area contributed by atoms with Crippen LogP contribution in [0.2, 0.25) is 0 Å². The Kier molecular flexibility index (Phi) is 3.43. The number of rotatable bonds is 2. The van der Waals surface area contributed by atoms with Crippen molar-refractivity contribution in [1.82, 2.24) is 29.7 Å². The normalized spacial score (nSPS) is 15.9. The summed E-state index contributed by atoms with van der Waals surface area (Å²) in [7, 11) is 1.92. The first-order chi connectivity index (χ1) is 12.7. The molecule has 4 heterocycles. The van der Waals surface area contributed by atoms with Gasteiger partial charge in [-0.25, -0.2) is 4.52 Å². The Bertz CT molecular complexity index is 1160. The molecule has 0 unspecified atom stereocenters. The number of aromatic amines is 1. The largest absolute Gasteiger partial charge is 0.317 e. The van der Waals surface area contributed by atoms with Crippen LogP contribution in [0.5, 0.6) is 0 Å². The summed E-state index contributed by atoms with van der Waals surface area (Å²) in [5.41, 5.74) is 4.58. The molecule has 1 aliphatic rings. The van der Waals surface area contributed by atoms with Crippen LogP contribution >= 0.6 is 0 Å². The molecule has 26 heavy (non-hydrogen) atoms. The van der Waals surface area contributed by atoms with Gasteiger partial charge in [0.1, 0.15) is 5.65 Å². The van der Waals surface area contributed by atoms with Gasteiger partial charge in [-0.15, -0.1) is 0 Å². The van der Waals surface area contributed by atoms with E-state index in [0.29, 0.717) is 5.92 Å². The maximum absolute atomic E-state index is 12.4. The Labute approximate surface area is 149 Å². The molecule has 0 saturated carbocycles. The van der Waals surface area contributed by atoms with Gasteiger partial charge in [0, 0.05) is 30.8 Å². The third kappa shape index (κ3) is 2.28. The highest BCUT2D eigenvalue weighted by Crippen LogP contribution is 2.32. The summed E-state index contributed by atoms with van der Waals surface area (Å²) in [6, 6.07) is 9.73. The fourth-order valence-corrected chi connectivity index (χ4v) is 4.05. The molecule has 132 valence electrons. The Hall–Kier alpha value is -2.93. The molecule has 1 aromatic carbocycles. The number of aromatic nitrogens is 5. The molecule has 7 heteroatoms. The van der Waals surface area contributed by atoms with Gasteiger partial charge in [0.05, 0.1) is 22.3 Å². The summed E-state index contributed by atoms with van der Waals surface area (Å²) in [6.07, 6.45) is 3.82. The van der Waals surface area contributed by atoms with Gasteiger partial charge < -0.3 is 10.3 Å². The Balaban J connectivity index is 1.83. The molecule has 1 saturated heterocycles. The SMILES string of the molecule is Cn1nccc1-c1cccc2nn3c(C4CCNCC4)cc(=O)[nH]c3c12. The van der Waals surface area contributed by atoms with Crippen LogP contribution in [0, 0.1) is 0 Å². The van der Waals surface area contributed by atoms with Crippen molar-refractivity contribution in [2.75, 3.05) is 13.1 Å². The summed E-state index contributed by atoms with van der Waals surface area (Å²) in [5.74, 6) is 0.343. The van der Waals surface area contributed by atoms with Gasteiger partial charge in [0.25, 0.3) is 5.56 Å². The molecular weight excluding hydrogens is 328 g/mol. The van der Waals surface area contributed by atoms with E-state index in [-0.39, 0.29) is 5.56 Å². The number of hydrogen-bond donors (Lipinski definition) is 2. The third-order valence-corrected chi connectivity index (χ3v) is 5.32. The van der Waals surface area contributed by atoms with Crippen LogP contribution in [-0.4, -0.2) is 37.5 Å². The number of piperidine rings is 1. The third-order valence-electron chi connectivity index (χ3n) is 5.32. The molecule has 0 bridgehead atoms. The molecule has 3 aromatic heterocycles. The van der Waals surface area contributed by atoms with Crippen LogP contribution in [0.4, 0.5) is 0 Å². The molecule has 1 aliphatic heterocycles. The van der Waals surface area contributed by atoms with Gasteiger partial charge in [-0.2, -0.15) is 10.2 Å². The van der Waals surface area contributed by atoms with Crippen molar-refractivity contribution in [3.8, 4) is 11.3 Å². The standard InChI is InChI=1S/C19H20N6O/c1-24-15(7-10-21-24)13-3-2-4-14-18(13)19-22-17(26)11-16(25(19)23-14)12-5-8-20-9-6-12/h2-4,7,10-12,20H,5-6,8-9H2,1H3,(H,22,26). The van der Waals surface area contributed by atoms with Gasteiger partial charge in [-0.3, -0.25) is 9.48 Å². The van der Waals surface area contributed by atoms with Crippen molar-refractivity contribution in [2.45, 2.75) is 18.8 Å². The van der Waals surface area contributed by atoms with E-state index < -0.39 is 0 Å². The summed E-state index contributed by atoms with van der Waals surface area (Å²) in [4.78, 5) is 15.4. The molecule has 2 N–H and O–H groups in total. The Morgan fingerprint density at radius 2 is 2.04 bits per heavy atom. The van der Waals surface area contributed by atoms with Crippen LogP contribution in [-0.2, 0) is 7.05 Å². The second kappa shape index (κ2) is 5.81. The zero-order valence-electron chi connectivity index (χ0n) is 14.6. The van der Waals surface area contributed by atoms with Crippen molar-refractivity contribution in [1.29, 1.82) is 0 Å². The van der Waals surface area contributed by atoms with Gasteiger partial charge in [0.2, 0.25) is 0 Å². The maximum atomic E-state index is 12.4. The highest BCUT2D eigenvalue weighted by molar-refractivity contribution is 6.03. The average Bonchev–Trinajstić information content (AvgIpc) is 3.25. The number of nitrogens with one attached hydrogen (secondary N) is 2. The van der Waals surface area contributed by atoms with E-state index in [1.165, 1.54) is 0 Å². The van der Waals surface area contributed by atoms with Gasteiger partial charge in [-0.05, 0) is 38.1 Å². The van der Waals surface area contributed by atoms with E-state index in [9.17, 15) is 4.79 Å². The van der Waals surface area contributed by atoms with E-state index in [1.54, 1.807) is 12.3 Å².